The highest BCUT2D eigenvalue weighted by Gasteiger charge is 2.17. The highest BCUT2D eigenvalue weighted by molar-refractivity contribution is 6.31. The third-order valence-corrected chi connectivity index (χ3v) is 4.42. The quantitative estimate of drug-likeness (QED) is 0.773. The number of hydrogen-bond acceptors (Lipinski definition) is 3. The Kier molecular flexibility index (Phi) is 6.89. The smallest absolute Gasteiger partial charge is 0.261 e. The zero-order chi connectivity index (χ0) is 19.3. The van der Waals surface area contributed by atoms with Crippen molar-refractivity contribution in [1.82, 2.24) is 5.32 Å². The molecule has 0 saturated heterocycles. The first-order valence-electron chi connectivity index (χ1n) is 8.03. The van der Waals surface area contributed by atoms with E-state index in [-0.39, 0.29) is 12.5 Å². The predicted octanol–water partition coefficient (Wildman–Crippen LogP) is 4.13. The lowest BCUT2D eigenvalue weighted by Crippen LogP contribution is -2.40. The van der Waals surface area contributed by atoms with E-state index in [0.717, 1.165) is 11.1 Å². The molecule has 0 aliphatic rings. The van der Waals surface area contributed by atoms with Gasteiger partial charge in [0.05, 0.1) is 6.54 Å². The van der Waals surface area contributed by atoms with E-state index in [1.807, 2.05) is 6.92 Å². The monoisotopic (exact) mass is 394 g/mol. The summed E-state index contributed by atoms with van der Waals surface area (Å²) >= 11 is 11.9. The maximum atomic E-state index is 12.1. The average molecular weight is 395 g/mol. The lowest BCUT2D eigenvalue weighted by atomic mass is 10.2. The highest BCUT2D eigenvalue weighted by Crippen LogP contribution is 2.23. The van der Waals surface area contributed by atoms with Gasteiger partial charge in [0.25, 0.3) is 5.91 Å². The Morgan fingerprint density at radius 2 is 1.88 bits per heavy atom. The molecule has 138 valence electrons. The number of nitrogens with one attached hydrogen (secondary N) is 2. The van der Waals surface area contributed by atoms with Crippen molar-refractivity contribution < 1.29 is 14.3 Å². The second kappa shape index (κ2) is 8.92. The number of ether oxygens (including phenoxy) is 1. The Bertz CT molecular complexity index is 824. The molecular formula is C19H20Cl2N2O3. The van der Waals surface area contributed by atoms with Crippen LogP contribution in [0.1, 0.15) is 18.1 Å². The molecule has 0 aromatic heterocycles. The van der Waals surface area contributed by atoms with Gasteiger partial charge in [0.2, 0.25) is 5.91 Å². The fourth-order valence-electron chi connectivity index (χ4n) is 2.24. The van der Waals surface area contributed by atoms with Crippen molar-refractivity contribution in [2.75, 3.05) is 11.9 Å². The minimum atomic E-state index is -0.754. The molecule has 2 aromatic rings. The number of carbonyl (C=O) groups is 2. The van der Waals surface area contributed by atoms with Gasteiger partial charge in [-0.05, 0) is 62.2 Å². The summed E-state index contributed by atoms with van der Waals surface area (Å²) in [5.41, 5.74) is 2.20. The molecule has 0 saturated carbocycles. The summed E-state index contributed by atoms with van der Waals surface area (Å²) in [4.78, 5) is 24.2. The predicted molar refractivity (Wildman–Crippen MR) is 104 cm³/mol. The number of carbonyl (C=O) groups excluding carboxylic acids is 2. The second-order valence-corrected chi connectivity index (χ2v) is 6.69. The number of benzene rings is 2. The van der Waals surface area contributed by atoms with E-state index in [9.17, 15) is 9.59 Å². The van der Waals surface area contributed by atoms with Gasteiger partial charge in [0.1, 0.15) is 5.75 Å². The molecule has 0 spiro atoms. The van der Waals surface area contributed by atoms with Gasteiger partial charge in [0, 0.05) is 15.7 Å². The van der Waals surface area contributed by atoms with Crippen molar-refractivity contribution in [2.24, 2.45) is 0 Å². The van der Waals surface area contributed by atoms with Crippen LogP contribution in [0.2, 0.25) is 10.0 Å². The minimum Gasteiger partial charge on any atom is -0.481 e. The number of rotatable bonds is 6. The Morgan fingerprint density at radius 3 is 2.58 bits per heavy atom. The van der Waals surface area contributed by atoms with Gasteiger partial charge >= 0.3 is 0 Å². The molecule has 2 aromatic carbocycles. The maximum Gasteiger partial charge on any atom is 0.261 e. The van der Waals surface area contributed by atoms with E-state index >= 15 is 0 Å². The van der Waals surface area contributed by atoms with Crippen molar-refractivity contribution in [1.29, 1.82) is 0 Å². The first-order valence-corrected chi connectivity index (χ1v) is 8.79. The molecule has 2 rings (SSSR count). The van der Waals surface area contributed by atoms with Crippen LogP contribution in [0.25, 0.3) is 0 Å². The van der Waals surface area contributed by atoms with E-state index in [0.29, 0.717) is 21.5 Å². The fraction of sp³-hybridized carbons (Fsp3) is 0.263. The average Bonchev–Trinajstić information content (AvgIpc) is 2.59. The molecule has 5 nitrogen and oxygen atoms in total. The lowest BCUT2D eigenvalue weighted by molar-refractivity contribution is -0.129. The molecule has 1 unspecified atom stereocenters. The maximum absolute atomic E-state index is 12.1. The molecular weight excluding hydrogens is 375 g/mol. The van der Waals surface area contributed by atoms with Gasteiger partial charge in [-0.3, -0.25) is 9.59 Å². The Hall–Kier alpha value is -2.24. The Balaban J connectivity index is 1.87. The fourth-order valence-corrected chi connectivity index (χ4v) is 2.64. The van der Waals surface area contributed by atoms with Crippen LogP contribution in [0.3, 0.4) is 0 Å². The van der Waals surface area contributed by atoms with Crippen molar-refractivity contribution in [3.8, 4) is 5.75 Å². The van der Waals surface area contributed by atoms with Crippen molar-refractivity contribution in [2.45, 2.75) is 26.9 Å². The Morgan fingerprint density at radius 1 is 1.15 bits per heavy atom. The van der Waals surface area contributed by atoms with Crippen LogP contribution in [0, 0.1) is 13.8 Å². The summed E-state index contributed by atoms with van der Waals surface area (Å²) in [5, 5.41) is 6.43. The van der Waals surface area contributed by atoms with Crippen LogP contribution in [-0.2, 0) is 9.59 Å². The number of aryl methyl sites for hydroxylation is 1. The SMILES string of the molecule is Cc1cc(Cl)ccc1OC(C)C(=O)NCC(=O)Nc1cccc(Cl)c1C. The van der Waals surface area contributed by atoms with E-state index in [1.165, 1.54) is 0 Å². The summed E-state index contributed by atoms with van der Waals surface area (Å²) < 4.78 is 5.63. The molecule has 0 radical (unpaired) electrons. The van der Waals surface area contributed by atoms with Crippen molar-refractivity contribution in [3.63, 3.8) is 0 Å². The standard InChI is InChI=1S/C19H20Cl2N2O3/c1-11-9-14(20)7-8-17(11)26-13(3)19(25)22-10-18(24)23-16-6-4-5-15(21)12(16)2/h4-9,13H,10H2,1-3H3,(H,22,25)(H,23,24). The van der Waals surface area contributed by atoms with Crippen LogP contribution in [0.15, 0.2) is 36.4 Å². The minimum absolute atomic E-state index is 0.169. The van der Waals surface area contributed by atoms with E-state index in [1.54, 1.807) is 50.2 Å². The summed E-state index contributed by atoms with van der Waals surface area (Å²) in [6, 6.07) is 10.4. The van der Waals surface area contributed by atoms with Crippen LogP contribution in [-0.4, -0.2) is 24.5 Å². The van der Waals surface area contributed by atoms with Gasteiger partial charge in [-0.25, -0.2) is 0 Å². The third-order valence-electron chi connectivity index (χ3n) is 3.77. The molecule has 2 N–H and O–H groups in total. The third kappa shape index (κ3) is 5.38. The lowest BCUT2D eigenvalue weighted by Gasteiger charge is -2.16. The summed E-state index contributed by atoms with van der Waals surface area (Å²) in [6.45, 7) is 5.09. The molecule has 26 heavy (non-hydrogen) atoms. The Labute approximate surface area is 162 Å². The summed E-state index contributed by atoms with van der Waals surface area (Å²) in [6.07, 6.45) is -0.754. The number of anilines is 1. The van der Waals surface area contributed by atoms with E-state index in [4.69, 9.17) is 27.9 Å². The van der Waals surface area contributed by atoms with Gasteiger partial charge in [-0.2, -0.15) is 0 Å². The van der Waals surface area contributed by atoms with Crippen LogP contribution >= 0.6 is 23.2 Å². The highest BCUT2D eigenvalue weighted by atomic mass is 35.5. The number of halogens is 2. The van der Waals surface area contributed by atoms with E-state index in [2.05, 4.69) is 10.6 Å². The first-order chi connectivity index (χ1) is 12.3. The molecule has 0 fully saturated rings. The van der Waals surface area contributed by atoms with Gasteiger partial charge in [-0.1, -0.05) is 29.3 Å². The van der Waals surface area contributed by atoms with Gasteiger partial charge < -0.3 is 15.4 Å². The molecule has 0 heterocycles. The summed E-state index contributed by atoms with van der Waals surface area (Å²) in [7, 11) is 0. The number of hydrogen-bond donors (Lipinski definition) is 2. The molecule has 1 atom stereocenters. The topological polar surface area (TPSA) is 67.4 Å². The zero-order valence-electron chi connectivity index (χ0n) is 14.7. The van der Waals surface area contributed by atoms with Crippen LogP contribution < -0.4 is 15.4 Å². The van der Waals surface area contributed by atoms with Crippen molar-refractivity contribution >= 4 is 40.7 Å². The first kappa shape index (κ1) is 20.1. The van der Waals surface area contributed by atoms with Gasteiger partial charge in [-0.15, -0.1) is 0 Å². The second-order valence-electron chi connectivity index (χ2n) is 5.85. The molecule has 0 aliphatic carbocycles. The molecule has 2 amide bonds. The summed E-state index contributed by atoms with van der Waals surface area (Å²) in [5.74, 6) is -0.174. The normalized spacial score (nSPS) is 11.6. The zero-order valence-corrected chi connectivity index (χ0v) is 16.2. The van der Waals surface area contributed by atoms with Crippen molar-refractivity contribution in [3.05, 3.63) is 57.6 Å². The van der Waals surface area contributed by atoms with E-state index < -0.39 is 12.0 Å². The largest absolute Gasteiger partial charge is 0.481 e. The van der Waals surface area contributed by atoms with Crippen LogP contribution in [0.5, 0.6) is 5.75 Å². The number of amides is 2. The molecule has 0 aliphatic heterocycles. The van der Waals surface area contributed by atoms with Crippen LogP contribution in [0.4, 0.5) is 5.69 Å². The molecule has 0 bridgehead atoms. The van der Waals surface area contributed by atoms with Gasteiger partial charge in [0.15, 0.2) is 6.10 Å². The molecule has 7 heteroatoms.